The number of alkyl halides is 2. The third-order valence-electron chi connectivity index (χ3n) is 5.28. The van der Waals surface area contributed by atoms with E-state index in [0.717, 1.165) is 12.8 Å². The minimum Gasteiger partial charge on any atom is -0.376 e. The molecule has 0 amide bonds. The minimum absolute atomic E-state index is 0.0515. The first-order valence-corrected chi connectivity index (χ1v) is 9.88. The molecule has 1 saturated heterocycles. The quantitative estimate of drug-likeness (QED) is 0.567. The highest BCUT2D eigenvalue weighted by Crippen LogP contribution is 2.38. The van der Waals surface area contributed by atoms with Crippen molar-refractivity contribution in [2.24, 2.45) is 0 Å². The molecule has 3 rings (SSSR count). The van der Waals surface area contributed by atoms with Crippen LogP contribution in [0.1, 0.15) is 49.8 Å². The van der Waals surface area contributed by atoms with Gasteiger partial charge < -0.3 is 9.47 Å². The van der Waals surface area contributed by atoms with Gasteiger partial charge in [0.15, 0.2) is 0 Å². The number of ether oxygens (including phenoxy) is 2. The summed E-state index contributed by atoms with van der Waals surface area (Å²) in [5, 5.41) is 0. The lowest BCUT2D eigenvalue weighted by Crippen LogP contribution is -2.35. The van der Waals surface area contributed by atoms with E-state index in [0.29, 0.717) is 24.0 Å². The van der Waals surface area contributed by atoms with Gasteiger partial charge in [0.1, 0.15) is 5.82 Å². The molecule has 28 heavy (non-hydrogen) atoms. The molecule has 1 aliphatic heterocycles. The maximum absolute atomic E-state index is 14.9. The topological polar surface area (TPSA) is 18.5 Å². The summed E-state index contributed by atoms with van der Waals surface area (Å²) in [6.45, 7) is 5.50. The summed E-state index contributed by atoms with van der Waals surface area (Å²) in [5.41, 5.74) is 1.63. The average molecular weight is 392 g/mol. The molecule has 2 aromatic carbocycles. The van der Waals surface area contributed by atoms with Crippen molar-refractivity contribution >= 4 is 0 Å². The predicted molar refractivity (Wildman–Crippen MR) is 104 cm³/mol. The van der Waals surface area contributed by atoms with Crippen molar-refractivity contribution in [3.63, 3.8) is 0 Å². The number of hydrogen-bond acceptors (Lipinski definition) is 2. The Kier molecular flexibility index (Phi) is 6.46. The first-order chi connectivity index (χ1) is 13.3. The van der Waals surface area contributed by atoms with Crippen LogP contribution in [0.4, 0.5) is 13.2 Å². The fraction of sp³-hybridized carbons (Fsp3) is 0.478. The molecule has 1 aliphatic rings. The third-order valence-corrected chi connectivity index (χ3v) is 5.28. The summed E-state index contributed by atoms with van der Waals surface area (Å²) in [4.78, 5) is 0. The van der Waals surface area contributed by atoms with E-state index in [4.69, 9.17) is 9.47 Å². The molecule has 0 aliphatic carbocycles. The number of rotatable bonds is 6. The van der Waals surface area contributed by atoms with E-state index in [1.165, 1.54) is 24.6 Å². The fourth-order valence-electron chi connectivity index (χ4n) is 3.59. The van der Waals surface area contributed by atoms with Gasteiger partial charge in [-0.25, -0.2) is 4.39 Å². The Labute approximate surface area is 164 Å². The van der Waals surface area contributed by atoms with E-state index >= 15 is 0 Å². The molecule has 152 valence electrons. The van der Waals surface area contributed by atoms with E-state index in [2.05, 4.69) is 6.92 Å². The Morgan fingerprint density at radius 3 is 2.43 bits per heavy atom. The Morgan fingerprint density at radius 1 is 1.11 bits per heavy atom. The molecule has 2 atom stereocenters. The highest BCUT2D eigenvalue weighted by atomic mass is 19.3. The molecule has 0 spiro atoms. The predicted octanol–water partition coefficient (Wildman–Crippen LogP) is 6.39. The zero-order valence-corrected chi connectivity index (χ0v) is 16.6. The molecule has 5 heteroatoms. The van der Waals surface area contributed by atoms with Crippen LogP contribution in [-0.4, -0.2) is 18.8 Å². The molecular formula is C23H27F3O2. The smallest absolute Gasteiger partial charge is 0.376 e. The first-order valence-electron chi connectivity index (χ1n) is 9.88. The van der Waals surface area contributed by atoms with E-state index < -0.39 is 23.6 Å². The van der Waals surface area contributed by atoms with E-state index in [1.54, 1.807) is 0 Å². The summed E-state index contributed by atoms with van der Waals surface area (Å²) >= 11 is 0. The summed E-state index contributed by atoms with van der Waals surface area (Å²) in [6.07, 6.45) is -1.06. The van der Waals surface area contributed by atoms with Crippen molar-refractivity contribution in [3.05, 3.63) is 58.9 Å². The third kappa shape index (κ3) is 4.58. The van der Waals surface area contributed by atoms with Crippen LogP contribution < -0.4 is 0 Å². The number of hydrogen-bond donors (Lipinski definition) is 0. The van der Waals surface area contributed by atoms with Gasteiger partial charge in [0.2, 0.25) is 0 Å². The Hall–Kier alpha value is -1.85. The van der Waals surface area contributed by atoms with Gasteiger partial charge in [-0.15, -0.1) is 0 Å². The lowest BCUT2D eigenvalue weighted by atomic mass is 9.97. The largest absolute Gasteiger partial charge is 0.384 e. The molecule has 1 fully saturated rings. The Bertz CT molecular complexity index is 794. The van der Waals surface area contributed by atoms with E-state index in [9.17, 15) is 13.2 Å². The zero-order valence-electron chi connectivity index (χ0n) is 16.6. The Balaban J connectivity index is 1.82. The monoisotopic (exact) mass is 392 g/mol. The molecule has 2 unspecified atom stereocenters. The Morgan fingerprint density at radius 2 is 1.82 bits per heavy atom. The van der Waals surface area contributed by atoms with Crippen molar-refractivity contribution in [2.45, 2.75) is 64.8 Å². The second-order valence-corrected chi connectivity index (χ2v) is 7.52. The van der Waals surface area contributed by atoms with Crippen LogP contribution in [-0.2, 0) is 22.0 Å². The number of benzene rings is 2. The highest BCUT2D eigenvalue weighted by molar-refractivity contribution is 5.66. The molecule has 0 N–H and O–H groups in total. The molecular weight excluding hydrogens is 365 g/mol. The summed E-state index contributed by atoms with van der Waals surface area (Å²) in [5.74, 6) is -0.641. The van der Waals surface area contributed by atoms with Crippen LogP contribution in [0, 0.1) is 12.7 Å². The van der Waals surface area contributed by atoms with E-state index in [-0.39, 0.29) is 18.3 Å². The second kappa shape index (κ2) is 8.66. The van der Waals surface area contributed by atoms with Gasteiger partial charge in [-0.2, -0.15) is 8.78 Å². The maximum atomic E-state index is 14.9. The summed E-state index contributed by atoms with van der Waals surface area (Å²) in [6, 6.07) is 10.2. The van der Waals surface area contributed by atoms with Gasteiger partial charge >= 0.3 is 6.11 Å². The maximum Gasteiger partial charge on any atom is 0.384 e. The first kappa shape index (κ1) is 20.9. The molecule has 0 bridgehead atoms. The lowest BCUT2D eigenvalue weighted by Gasteiger charge is -2.30. The van der Waals surface area contributed by atoms with Crippen LogP contribution in [0.15, 0.2) is 36.4 Å². The fourth-order valence-corrected chi connectivity index (χ4v) is 3.59. The van der Waals surface area contributed by atoms with Crippen molar-refractivity contribution in [2.75, 3.05) is 6.61 Å². The van der Waals surface area contributed by atoms with Gasteiger partial charge in [0, 0.05) is 5.56 Å². The molecule has 0 radical (unpaired) electrons. The van der Waals surface area contributed by atoms with Gasteiger partial charge in [-0.1, -0.05) is 43.7 Å². The van der Waals surface area contributed by atoms with Crippen molar-refractivity contribution in [3.8, 4) is 11.1 Å². The standard InChI is InChI=1S/C23H27F3O2/c1-4-5-17-7-9-18(10-8-17)20-12-13-21(16(3)22(20)24)23(25,26)28-19-11-6-15(2)27-14-19/h7-10,12-13,15,19H,4-6,11,14H2,1-3H3. The van der Waals surface area contributed by atoms with Gasteiger partial charge in [-0.3, -0.25) is 0 Å². The van der Waals surface area contributed by atoms with E-state index in [1.807, 2.05) is 31.2 Å². The average Bonchev–Trinajstić information content (AvgIpc) is 2.66. The molecule has 2 nitrogen and oxygen atoms in total. The second-order valence-electron chi connectivity index (χ2n) is 7.52. The van der Waals surface area contributed by atoms with Crippen LogP contribution in [0.2, 0.25) is 0 Å². The van der Waals surface area contributed by atoms with Crippen molar-refractivity contribution < 1.29 is 22.6 Å². The highest BCUT2D eigenvalue weighted by Gasteiger charge is 2.39. The molecule has 0 saturated carbocycles. The van der Waals surface area contributed by atoms with Crippen LogP contribution >= 0.6 is 0 Å². The molecule has 2 aromatic rings. The van der Waals surface area contributed by atoms with Crippen LogP contribution in [0.5, 0.6) is 0 Å². The summed E-state index contributed by atoms with van der Waals surface area (Å²) in [7, 11) is 0. The van der Waals surface area contributed by atoms with Crippen LogP contribution in [0.3, 0.4) is 0 Å². The van der Waals surface area contributed by atoms with Gasteiger partial charge in [-0.05, 0) is 55.9 Å². The normalized spacial score (nSPS) is 20.4. The van der Waals surface area contributed by atoms with Crippen molar-refractivity contribution in [1.82, 2.24) is 0 Å². The number of aryl methyl sites for hydroxylation is 1. The summed E-state index contributed by atoms with van der Waals surface area (Å²) < 4.78 is 54.8. The zero-order chi connectivity index (χ0) is 20.3. The van der Waals surface area contributed by atoms with Crippen molar-refractivity contribution in [1.29, 1.82) is 0 Å². The molecule has 1 heterocycles. The van der Waals surface area contributed by atoms with Crippen LogP contribution in [0.25, 0.3) is 11.1 Å². The number of halogens is 3. The molecule has 0 aromatic heterocycles. The minimum atomic E-state index is -3.57. The lowest BCUT2D eigenvalue weighted by molar-refractivity contribution is -0.288. The van der Waals surface area contributed by atoms with Gasteiger partial charge in [0.25, 0.3) is 0 Å². The SMILES string of the molecule is CCCc1ccc(-c2ccc(C(F)(F)OC3CCC(C)OC3)c(C)c2F)cc1. The van der Waals surface area contributed by atoms with Gasteiger partial charge in [0.05, 0.1) is 24.4 Å².